The molecule has 0 nitrogen and oxygen atoms in total. The fraction of sp³-hybridized carbons (Fsp3) is 0.455. The normalized spacial score (nSPS) is 9.23. The first-order valence-electron chi connectivity index (χ1n) is 4.21. The molecule has 0 heterocycles. The molecular formula is C11H21PS. The minimum atomic E-state index is -1.18. The van der Waals surface area contributed by atoms with Gasteiger partial charge in [-0.3, -0.25) is 0 Å². The summed E-state index contributed by atoms with van der Waals surface area (Å²) < 4.78 is 0. The van der Waals surface area contributed by atoms with Gasteiger partial charge in [-0.2, -0.15) is 0 Å². The predicted octanol–water partition coefficient (Wildman–Crippen LogP) is 3.71. The summed E-state index contributed by atoms with van der Waals surface area (Å²) in [5, 5.41) is 1.32. The third kappa shape index (κ3) is 6.01. The number of hydrogen-bond donors (Lipinski definition) is 0. The van der Waals surface area contributed by atoms with Crippen LogP contribution in [0.4, 0.5) is 0 Å². The first-order valence-corrected chi connectivity index (χ1v) is 7.91. The van der Waals surface area contributed by atoms with Gasteiger partial charge in [0.15, 0.2) is 0 Å². The summed E-state index contributed by atoms with van der Waals surface area (Å²) in [5.74, 6) is 0. The van der Waals surface area contributed by atoms with Crippen LogP contribution in [0.25, 0.3) is 0 Å². The third-order valence-electron chi connectivity index (χ3n) is 1.38. The Hall–Kier alpha value is -0.130. The second kappa shape index (κ2) is 7.29. The molecule has 0 aliphatic carbocycles. The quantitative estimate of drug-likeness (QED) is 0.645. The lowest BCUT2D eigenvalue weighted by molar-refractivity contribution is 1.50. The maximum absolute atomic E-state index is 5.36. The Morgan fingerprint density at radius 2 is 1.38 bits per heavy atom. The zero-order chi connectivity index (χ0) is 9.61. The number of hydrogen-bond acceptors (Lipinski definition) is 1. The largest absolute Gasteiger partial charge is 0.0931 e. The monoisotopic (exact) mass is 216 g/mol. The molecule has 0 aliphatic heterocycles. The molecule has 0 saturated carbocycles. The van der Waals surface area contributed by atoms with E-state index in [0.29, 0.717) is 0 Å². The van der Waals surface area contributed by atoms with Crippen LogP contribution in [0, 0.1) is 0 Å². The van der Waals surface area contributed by atoms with E-state index in [0.717, 1.165) is 0 Å². The first kappa shape index (κ1) is 15.3. The van der Waals surface area contributed by atoms with Crippen molar-refractivity contribution in [3.05, 3.63) is 30.3 Å². The summed E-state index contributed by atoms with van der Waals surface area (Å²) in [6.45, 7) is 8.30. The molecule has 76 valence electrons. The van der Waals surface area contributed by atoms with Gasteiger partial charge in [-0.15, -0.1) is 0 Å². The Balaban J connectivity index is 0. The van der Waals surface area contributed by atoms with Crippen LogP contribution in [0.3, 0.4) is 0 Å². The molecule has 0 atom stereocenters. The van der Waals surface area contributed by atoms with Crippen LogP contribution in [-0.2, 0) is 11.8 Å². The van der Waals surface area contributed by atoms with E-state index in [2.05, 4.69) is 25.5 Å². The maximum atomic E-state index is 5.36. The van der Waals surface area contributed by atoms with Crippen molar-refractivity contribution in [3.8, 4) is 0 Å². The average molecular weight is 216 g/mol. The third-order valence-corrected chi connectivity index (χ3v) is 3.55. The fourth-order valence-corrected chi connectivity index (χ4v) is 2.04. The Bertz CT molecular complexity index is 248. The zero-order valence-electron chi connectivity index (χ0n) is 8.24. The second-order valence-electron chi connectivity index (χ2n) is 2.69. The summed E-state index contributed by atoms with van der Waals surface area (Å²) in [7, 11) is 0. The van der Waals surface area contributed by atoms with Crippen molar-refractivity contribution in [2.75, 3.05) is 13.3 Å². The summed E-state index contributed by atoms with van der Waals surface area (Å²) >= 11 is 5.36. The standard InChI is InChI=1S/C8H11PS.C2H6.CH4/c1-9(2,10)8-6-4-3-5-7-8;1-2;/h3-7H,1-2H3;1-2H3;1H4. The topological polar surface area (TPSA) is 0 Å². The Labute approximate surface area is 88.4 Å². The molecule has 13 heavy (non-hydrogen) atoms. The van der Waals surface area contributed by atoms with Crippen molar-refractivity contribution in [2.45, 2.75) is 21.3 Å². The molecular weight excluding hydrogens is 195 g/mol. The summed E-state index contributed by atoms with van der Waals surface area (Å²) in [5.41, 5.74) is 0. The maximum Gasteiger partial charge on any atom is -0.0147 e. The Kier molecular flexibility index (Phi) is 8.61. The van der Waals surface area contributed by atoms with E-state index in [9.17, 15) is 0 Å². The molecule has 0 aromatic heterocycles. The highest BCUT2D eigenvalue weighted by Crippen LogP contribution is 2.34. The van der Waals surface area contributed by atoms with Crippen molar-refractivity contribution in [3.63, 3.8) is 0 Å². The van der Waals surface area contributed by atoms with E-state index in [1.54, 1.807) is 0 Å². The molecule has 0 spiro atoms. The van der Waals surface area contributed by atoms with Gasteiger partial charge in [0.1, 0.15) is 0 Å². The van der Waals surface area contributed by atoms with Crippen LogP contribution in [-0.4, -0.2) is 13.3 Å². The molecule has 0 saturated heterocycles. The molecule has 0 amide bonds. The number of rotatable bonds is 1. The summed E-state index contributed by atoms with van der Waals surface area (Å²) in [4.78, 5) is 0. The summed E-state index contributed by atoms with van der Waals surface area (Å²) in [6.07, 6.45) is 0. The van der Waals surface area contributed by atoms with Crippen molar-refractivity contribution in [2.24, 2.45) is 0 Å². The van der Waals surface area contributed by atoms with Gasteiger partial charge < -0.3 is 0 Å². The number of benzene rings is 1. The van der Waals surface area contributed by atoms with Gasteiger partial charge in [0.2, 0.25) is 0 Å². The molecule has 1 aromatic carbocycles. The van der Waals surface area contributed by atoms with E-state index in [-0.39, 0.29) is 7.43 Å². The second-order valence-corrected chi connectivity index (χ2v) is 8.64. The Morgan fingerprint density at radius 3 is 1.62 bits per heavy atom. The van der Waals surface area contributed by atoms with Crippen LogP contribution in [0.1, 0.15) is 21.3 Å². The van der Waals surface area contributed by atoms with E-state index < -0.39 is 6.04 Å². The summed E-state index contributed by atoms with van der Waals surface area (Å²) in [6, 6.07) is 9.15. The highest BCUT2D eigenvalue weighted by molar-refractivity contribution is 8.17. The molecule has 2 heteroatoms. The molecule has 0 fully saturated rings. The van der Waals surface area contributed by atoms with Crippen LogP contribution >= 0.6 is 6.04 Å². The molecule has 0 aliphatic rings. The highest BCUT2D eigenvalue weighted by atomic mass is 32.4. The molecule has 0 unspecified atom stereocenters. The lowest BCUT2D eigenvalue weighted by Gasteiger charge is -2.08. The SMILES string of the molecule is C.CC.CP(C)(=S)c1ccccc1. The molecule has 0 radical (unpaired) electrons. The van der Waals surface area contributed by atoms with Gasteiger partial charge >= 0.3 is 0 Å². The van der Waals surface area contributed by atoms with Crippen LogP contribution in [0.5, 0.6) is 0 Å². The van der Waals surface area contributed by atoms with Crippen LogP contribution in [0.2, 0.25) is 0 Å². The van der Waals surface area contributed by atoms with E-state index in [4.69, 9.17) is 11.8 Å². The Morgan fingerprint density at radius 1 is 1.00 bits per heavy atom. The van der Waals surface area contributed by atoms with Gasteiger partial charge in [0, 0.05) is 0 Å². The van der Waals surface area contributed by atoms with Crippen LogP contribution < -0.4 is 5.30 Å². The van der Waals surface area contributed by atoms with Gasteiger partial charge in [-0.25, -0.2) is 0 Å². The van der Waals surface area contributed by atoms with E-state index in [1.165, 1.54) is 5.30 Å². The van der Waals surface area contributed by atoms with E-state index >= 15 is 0 Å². The molecule has 0 bridgehead atoms. The smallest absolute Gasteiger partial charge is 0.0147 e. The van der Waals surface area contributed by atoms with Crippen molar-refractivity contribution in [1.29, 1.82) is 0 Å². The highest BCUT2D eigenvalue weighted by Gasteiger charge is 2.02. The molecule has 0 N–H and O–H groups in total. The van der Waals surface area contributed by atoms with Gasteiger partial charge in [0.05, 0.1) is 0 Å². The lowest BCUT2D eigenvalue weighted by Crippen LogP contribution is -1.99. The molecule has 1 rings (SSSR count). The van der Waals surface area contributed by atoms with Crippen molar-refractivity contribution in [1.82, 2.24) is 0 Å². The fourth-order valence-electron chi connectivity index (χ4n) is 0.787. The first-order chi connectivity index (χ1) is 5.61. The van der Waals surface area contributed by atoms with E-state index in [1.807, 2.05) is 32.0 Å². The van der Waals surface area contributed by atoms with Crippen LogP contribution in [0.15, 0.2) is 30.3 Å². The lowest BCUT2D eigenvalue weighted by atomic mass is 10.4. The van der Waals surface area contributed by atoms with Gasteiger partial charge in [-0.05, 0) is 24.7 Å². The van der Waals surface area contributed by atoms with Crippen molar-refractivity contribution < 1.29 is 0 Å². The average Bonchev–Trinajstić information content (AvgIpc) is 2.08. The minimum Gasteiger partial charge on any atom is -0.0931 e. The minimum absolute atomic E-state index is 0. The zero-order valence-corrected chi connectivity index (χ0v) is 9.95. The van der Waals surface area contributed by atoms with Gasteiger partial charge in [-0.1, -0.05) is 63.4 Å². The van der Waals surface area contributed by atoms with Crippen molar-refractivity contribution >= 4 is 23.1 Å². The predicted molar refractivity (Wildman–Crippen MR) is 70.3 cm³/mol. The van der Waals surface area contributed by atoms with Gasteiger partial charge in [0.25, 0.3) is 0 Å². The molecule has 1 aromatic rings.